The molecular weight excluding hydrogens is 380 g/mol. The van der Waals surface area contributed by atoms with Crippen LogP contribution in [0, 0.1) is 13.8 Å². The number of carbonyl (C=O) groups is 1. The SMILES string of the molecule is COc1cccc(C=CC(=O)N(C)CCOc2cc(C)cc(C)c2)c1OC(F)F. The Morgan fingerprint density at radius 3 is 2.48 bits per heavy atom. The molecule has 0 spiro atoms. The van der Waals surface area contributed by atoms with Crippen LogP contribution in [-0.2, 0) is 4.79 Å². The predicted molar refractivity (Wildman–Crippen MR) is 108 cm³/mol. The largest absolute Gasteiger partial charge is 0.493 e. The number of ether oxygens (including phenoxy) is 3. The van der Waals surface area contributed by atoms with Crippen molar-refractivity contribution in [3.63, 3.8) is 0 Å². The number of aryl methyl sites for hydroxylation is 2. The van der Waals surface area contributed by atoms with Gasteiger partial charge in [-0.25, -0.2) is 0 Å². The average Bonchev–Trinajstić information content (AvgIpc) is 2.65. The van der Waals surface area contributed by atoms with E-state index in [0.717, 1.165) is 16.9 Å². The van der Waals surface area contributed by atoms with E-state index in [0.29, 0.717) is 18.7 Å². The fourth-order valence-electron chi connectivity index (χ4n) is 2.76. The summed E-state index contributed by atoms with van der Waals surface area (Å²) in [6, 6.07) is 10.6. The maximum atomic E-state index is 12.7. The van der Waals surface area contributed by atoms with Gasteiger partial charge in [0.15, 0.2) is 11.5 Å². The smallest absolute Gasteiger partial charge is 0.387 e. The molecule has 7 heteroatoms. The number of halogens is 2. The topological polar surface area (TPSA) is 48.0 Å². The molecule has 2 aromatic carbocycles. The van der Waals surface area contributed by atoms with Crippen molar-refractivity contribution in [2.45, 2.75) is 20.5 Å². The molecule has 2 rings (SSSR count). The second-order valence-electron chi connectivity index (χ2n) is 6.52. The molecule has 1 amide bonds. The molecule has 2 aromatic rings. The van der Waals surface area contributed by atoms with Crippen LogP contribution >= 0.6 is 0 Å². The number of para-hydroxylation sites is 1. The summed E-state index contributed by atoms with van der Waals surface area (Å²) >= 11 is 0. The molecule has 0 saturated carbocycles. The van der Waals surface area contributed by atoms with Gasteiger partial charge in [-0.05, 0) is 49.2 Å². The first kappa shape index (κ1) is 22.2. The van der Waals surface area contributed by atoms with Gasteiger partial charge in [-0.2, -0.15) is 8.78 Å². The van der Waals surface area contributed by atoms with Gasteiger partial charge in [-0.15, -0.1) is 0 Å². The summed E-state index contributed by atoms with van der Waals surface area (Å²) in [6.45, 7) is 1.68. The van der Waals surface area contributed by atoms with E-state index in [1.165, 1.54) is 30.2 Å². The number of nitrogens with zero attached hydrogens (tertiary/aromatic N) is 1. The van der Waals surface area contributed by atoms with Crippen LogP contribution in [0.4, 0.5) is 8.78 Å². The van der Waals surface area contributed by atoms with Crippen molar-refractivity contribution in [3.05, 3.63) is 59.2 Å². The van der Waals surface area contributed by atoms with Crippen molar-refractivity contribution < 1.29 is 27.8 Å². The van der Waals surface area contributed by atoms with Crippen molar-refractivity contribution in [2.24, 2.45) is 0 Å². The highest BCUT2D eigenvalue weighted by atomic mass is 19.3. The molecule has 0 N–H and O–H groups in total. The first-order chi connectivity index (χ1) is 13.8. The van der Waals surface area contributed by atoms with Crippen LogP contribution in [0.25, 0.3) is 6.08 Å². The number of carbonyl (C=O) groups excluding carboxylic acids is 1. The Morgan fingerprint density at radius 2 is 1.86 bits per heavy atom. The second kappa shape index (κ2) is 10.5. The molecule has 0 heterocycles. The van der Waals surface area contributed by atoms with Gasteiger partial charge in [0.25, 0.3) is 0 Å². The van der Waals surface area contributed by atoms with E-state index >= 15 is 0 Å². The van der Waals surface area contributed by atoms with E-state index in [1.54, 1.807) is 19.2 Å². The lowest BCUT2D eigenvalue weighted by molar-refractivity contribution is -0.125. The molecule has 0 atom stereocenters. The molecule has 0 aliphatic heterocycles. The second-order valence-corrected chi connectivity index (χ2v) is 6.52. The van der Waals surface area contributed by atoms with Crippen LogP contribution in [0.2, 0.25) is 0 Å². The van der Waals surface area contributed by atoms with Crippen LogP contribution in [0.1, 0.15) is 16.7 Å². The Balaban J connectivity index is 1.97. The molecule has 0 aliphatic rings. The molecule has 0 aliphatic carbocycles. The van der Waals surface area contributed by atoms with Gasteiger partial charge in [-0.3, -0.25) is 4.79 Å². The van der Waals surface area contributed by atoms with Crippen molar-refractivity contribution in [3.8, 4) is 17.2 Å². The van der Waals surface area contributed by atoms with Gasteiger partial charge < -0.3 is 19.1 Å². The Bertz CT molecular complexity index is 848. The highest BCUT2D eigenvalue weighted by Gasteiger charge is 2.14. The zero-order valence-corrected chi connectivity index (χ0v) is 16.9. The summed E-state index contributed by atoms with van der Waals surface area (Å²) < 4.78 is 40.7. The van der Waals surface area contributed by atoms with Crippen LogP contribution < -0.4 is 14.2 Å². The van der Waals surface area contributed by atoms with Gasteiger partial charge in [0.05, 0.1) is 13.7 Å². The molecule has 0 saturated heterocycles. The van der Waals surface area contributed by atoms with Crippen molar-refractivity contribution in [2.75, 3.05) is 27.3 Å². The van der Waals surface area contributed by atoms with Gasteiger partial charge in [0.1, 0.15) is 12.4 Å². The number of hydrogen-bond donors (Lipinski definition) is 0. The number of rotatable bonds is 9. The summed E-state index contributed by atoms with van der Waals surface area (Å²) in [7, 11) is 3.00. The maximum absolute atomic E-state index is 12.7. The quantitative estimate of drug-likeness (QED) is 0.578. The summed E-state index contributed by atoms with van der Waals surface area (Å²) in [4.78, 5) is 13.8. The molecule has 0 bridgehead atoms. The molecule has 5 nitrogen and oxygen atoms in total. The Hall–Kier alpha value is -3.09. The number of methoxy groups -OCH3 is 1. The summed E-state index contributed by atoms with van der Waals surface area (Å²) in [5.41, 5.74) is 2.53. The van der Waals surface area contributed by atoms with E-state index in [2.05, 4.69) is 10.8 Å². The molecule has 29 heavy (non-hydrogen) atoms. The van der Waals surface area contributed by atoms with Crippen LogP contribution in [0.5, 0.6) is 17.2 Å². The zero-order valence-electron chi connectivity index (χ0n) is 16.9. The highest BCUT2D eigenvalue weighted by molar-refractivity contribution is 5.92. The Labute approximate surface area is 169 Å². The minimum absolute atomic E-state index is 0.116. The fourth-order valence-corrected chi connectivity index (χ4v) is 2.76. The number of likely N-dealkylation sites (N-methyl/N-ethyl adjacent to an activating group) is 1. The normalized spacial score (nSPS) is 11.0. The van der Waals surface area contributed by atoms with E-state index in [4.69, 9.17) is 9.47 Å². The molecule has 156 valence electrons. The molecule has 0 radical (unpaired) electrons. The Morgan fingerprint density at radius 1 is 1.17 bits per heavy atom. The van der Waals surface area contributed by atoms with Gasteiger partial charge in [-0.1, -0.05) is 18.2 Å². The number of amides is 1. The molecule has 0 unspecified atom stereocenters. The monoisotopic (exact) mass is 405 g/mol. The number of alkyl halides is 2. The van der Waals surface area contributed by atoms with E-state index in [9.17, 15) is 13.6 Å². The highest BCUT2D eigenvalue weighted by Crippen LogP contribution is 2.33. The maximum Gasteiger partial charge on any atom is 0.387 e. The molecule has 0 aromatic heterocycles. The Kier molecular flexibility index (Phi) is 8.00. The zero-order chi connectivity index (χ0) is 21.4. The lowest BCUT2D eigenvalue weighted by atomic mass is 10.1. The third-order valence-electron chi connectivity index (χ3n) is 4.11. The molecular formula is C22H25F2NO4. The van der Waals surface area contributed by atoms with Gasteiger partial charge >= 0.3 is 6.61 Å². The molecule has 0 fully saturated rings. The lowest BCUT2D eigenvalue weighted by Crippen LogP contribution is -2.29. The fraction of sp³-hybridized carbons (Fsp3) is 0.318. The lowest BCUT2D eigenvalue weighted by Gasteiger charge is -2.16. The van der Waals surface area contributed by atoms with Crippen molar-refractivity contribution in [1.29, 1.82) is 0 Å². The third-order valence-corrected chi connectivity index (χ3v) is 4.11. The van der Waals surface area contributed by atoms with Crippen molar-refractivity contribution in [1.82, 2.24) is 4.90 Å². The van der Waals surface area contributed by atoms with E-state index in [-0.39, 0.29) is 17.4 Å². The van der Waals surface area contributed by atoms with Crippen LogP contribution in [0.15, 0.2) is 42.5 Å². The minimum atomic E-state index is -3.00. The standard InChI is InChI=1S/C22H25F2NO4/c1-15-12-16(2)14-18(13-15)28-11-10-25(3)20(26)9-8-17-6-5-7-19(27-4)21(17)29-22(23)24/h5-9,12-14,22H,10-11H2,1-4H3. The van der Waals surface area contributed by atoms with Crippen LogP contribution in [0.3, 0.4) is 0 Å². The summed E-state index contributed by atoms with van der Waals surface area (Å²) in [5.74, 6) is 0.508. The van der Waals surface area contributed by atoms with E-state index in [1.807, 2.05) is 26.0 Å². The van der Waals surface area contributed by atoms with Gasteiger partial charge in [0.2, 0.25) is 5.91 Å². The third kappa shape index (κ3) is 6.78. The van der Waals surface area contributed by atoms with E-state index < -0.39 is 6.61 Å². The predicted octanol–water partition coefficient (Wildman–Crippen LogP) is 4.46. The van der Waals surface area contributed by atoms with Crippen molar-refractivity contribution >= 4 is 12.0 Å². The van der Waals surface area contributed by atoms with Gasteiger partial charge in [0, 0.05) is 18.7 Å². The minimum Gasteiger partial charge on any atom is -0.493 e. The summed E-state index contributed by atoms with van der Waals surface area (Å²) in [6.07, 6.45) is 2.72. The summed E-state index contributed by atoms with van der Waals surface area (Å²) in [5, 5.41) is 0. The number of benzene rings is 2. The average molecular weight is 405 g/mol. The van der Waals surface area contributed by atoms with Crippen LogP contribution in [-0.4, -0.2) is 44.7 Å². The number of hydrogen-bond acceptors (Lipinski definition) is 4. The first-order valence-electron chi connectivity index (χ1n) is 9.06. The first-order valence-corrected chi connectivity index (χ1v) is 9.06.